The highest BCUT2D eigenvalue weighted by Gasteiger charge is 2.40. The van der Waals surface area contributed by atoms with Gasteiger partial charge in [0.05, 0.1) is 13.2 Å². The maximum atomic E-state index is 12.2. The lowest BCUT2D eigenvalue weighted by atomic mass is 9.80. The number of carbonyl (C=O) groups is 1. The van der Waals surface area contributed by atoms with Crippen LogP contribution in [0.2, 0.25) is 0 Å². The van der Waals surface area contributed by atoms with Crippen molar-refractivity contribution in [1.82, 2.24) is 9.88 Å². The number of Topliss-reactive ketones (excluding diaryl/α,β-unsaturated/α-hetero) is 1. The average Bonchev–Trinajstić information content (AvgIpc) is 2.43. The van der Waals surface area contributed by atoms with Crippen LogP contribution in [0.15, 0.2) is 18.2 Å². The van der Waals surface area contributed by atoms with E-state index in [0.29, 0.717) is 24.0 Å². The quantitative estimate of drug-likeness (QED) is 0.806. The molecular weight excluding hydrogens is 228 g/mol. The molecule has 4 nitrogen and oxygen atoms in total. The molecule has 0 aromatic carbocycles. The summed E-state index contributed by atoms with van der Waals surface area (Å²) in [5.41, 5.74) is 0.945. The van der Waals surface area contributed by atoms with E-state index in [2.05, 4.69) is 9.88 Å². The van der Waals surface area contributed by atoms with Crippen LogP contribution in [0.4, 0.5) is 0 Å². The van der Waals surface area contributed by atoms with Gasteiger partial charge in [-0.05, 0) is 32.0 Å². The summed E-state index contributed by atoms with van der Waals surface area (Å²) in [4.78, 5) is 19.0. The molecule has 4 heteroatoms. The zero-order valence-electron chi connectivity index (χ0n) is 10.6. The number of ether oxygens (including phenoxy) is 1. The van der Waals surface area contributed by atoms with Gasteiger partial charge in [-0.25, -0.2) is 4.98 Å². The monoisotopic (exact) mass is 246 g/mol. The molecule has 96 valence electrons. The molecule has 2 bridgehead atoms. The first-order valence-electron chi connectivity index (χ1n) is 6.55. The lowest BCUT2D eigenvalue weighted by molar-refractivity contribution is -0.136. The van der Waals surface area contributed by atoms with Crippen molar-refractivity contribution in [2.45, 2.75) is 25.3 Å². The molecule has 0 radical (unpaired) electrons. The number of pyridine rings is 1. The van der Waals surface area contributed by atoms with Gasteiger partial charge in [-0.3, -0.25) is 9.69 Å². The average molecular weight is 246 g/mol. The van der Waals surface area contributed by atoms with Crippen LogP contribution >= 0.6 is 0 Å². The summed E-state index contributed by atoms with van der Waals surface area (Å²) < 4.78 is 5.12. The summed E-state index contributed by atoms with van der Waals surface area (Å²) in [6.45, 7) is 2.12. The Kier molecular flexibility index (Phi) is 3.04. The Hall–Kier alpha value is -1.42. The zero-order chi connectivity index (χ0) is 12.5. The molecule has 4 heterocycles. The number of fused-ring (bicyclic) bond motifs is 3. The second kappa shape index (κ2) is 4.69. The molecule has 0 N–H and O–H groups in total. The highest BCUT2D eigenvalue weighted by molar-refractivity contribution is 5.88. The normalized spacial score (nSPS) is 30.5. The molecule has 0 aliphatic carbocycles. The Labute approximate surface area is 107 Å². The van der Waals surface area contributed by atoms with E-state index in [1.54, 1.807) is 7.11 Å². The summed E-state index contributed by atoms with van der Waals surface area (Å²) >= 11 is 0. The number of nitrogens with zero attached hydrogens (tertiary/aromatic N) is 2. The SMILES string of the molecule is COc1cccc(CC2C(=O)C3CCN2CC3)n1. The van der Waals surface area contributed by atoms with E-state index >= 15 is 0 Å². The third kappa shape index (κ3) is 2.01. The highest BCUT2D eigenvalue weighted by Crippen LogP contribution is 2.30. The molecule has 3 saturated heterocycles. The second-order valence-electron chi connectivity index (χ2n) is 5.10. The number of carbonyl (C=O) groups excluding carboxylic acids is 1. The Balaban J connectivity index is 1.77. The van der Waals surface area contributed by atoms with Crippen molar-refractivity contribution < 1.29 is 9.53 Å². The fourth-order valence-electron chi connectivity index (χ4n) is 3.06. The molecule has 3 fully saturated rings. The molecule has 3 aliphatic heterocycles. The van der Waals surface area contributed by atoms with Gasteiger partial charge in [0.15, 0.2) is 5.78 Å². The van der Waals surface area contributed by atoms with Crippen molar-refractivity contribution in [1.29, 1.82) is 0 Å². The predicted molar refractivity (Wildman–Crippen MR) is 67.6 cm³/mol. The van der Waals surface area contributed by atoms with Gasteiger partial charge in [0, 0.05) is 24.1 Å². The molecule has 4 rings (SSSR count). The van der Waals surface area contributed by atoms with Crippen molar-refractivity contribution >= 4 is 5.78 Å². The smallest absolute Gasteiger partial charge is 0.213 e. The van der Waals surface area contributed by atoms with E-state index in [1.165, 1.54) is 0 Å². The predicted octanol–water partition coefficient (Wildman–Crippen LogP) is 1.30. The van der Waals surface area contributed by atoms with E-state index in [9.17, 15) is 4.79 Å². The van der Waals surface area contributed by atoms with Crippen LogP contribution in [0.25, 0.3) is 0 Å². The Morgan fingerprint density at radius 3 is 2.83 bits per heavy atom. The van der Waals surface area contributed by atoms with Crippen LogP contribution in [-0.2, 0) is 11.2 Å². The maximum Gasteiger partial charge on any atom is 0.213 e. The summed E-state index contributed by atoms with van der Waals surface area (Å²) in [6, 6.07) is 5.77. The van der Waals surface area contributed by atoms with Gasteiger partial charge in [0.2, 0.25) is 5.88 Å². The van der Waals surface area contributed by atoms with E-state index in [0.717, 1.165) is 31.6 Å². The number of rotatable bonds is 3. The van der Waals surface area contributed by atoms with Crippen LogP contribution in [-0.4, -0.2) is 41.9 Å². The van der Waals surface area contributed by atoms with E-state index < -0.39 is 0 Å². The van der Waals surface area contributed by atoms with Crippen molar-refractivity contribution in [3.8, 4) is 5.88 Å². The third-order valence-corrected chi connectivity index (χ3v) is 4.09. The zero-order valence-corrected chi connectivity index (χ0v) is 10.6. The van der Waals surface area contributed by atoms with Gasteiger partial charge in [-0.1, -0.05) is 6.07 Å². The molecule has 1 aromatic heterocycles. The third-order valence-electron chi connectivity index (χ3n) is 4.09. The van der Waals surface area contributed by atoms with Gasteiger partial charge in [-0.15, -0.1) is 0 Å². The first kappa shape index (κ1) is 11.7. The fourth-order valence-corrected chi connectivity index (χ4v) is 3.06. The minimum Gasteiger partial charge on any atom is -0.481 e. The lowest BCUT2D eigenvalue weighted by Crippen LogP contribution is -2.56. The molecule has 1 atom stereocenters. The van der Waals surface area contributed by atoms with Crippen molar-refractivity contribution in [3.63, 3.8) is 0 Å². The lowest BCUT2D eigenvalue weighted by Gasteiger charge is -2.44. The summed E-state index contributed by atoms with van der Waals surface area (Å²) in [6.07, 6.45) is 2.80. The number of ketones is 1. The van der Waals surface area contributed by atoms with E-state index in [1.807, 2.05) is 18.2 Å². The number of aromatic nitrogens is 1. The van der Waals surface area contributed by atoms with Crippen molar-refractivity contribution in [3.05, 3.63) is 23.9 Å². The minimum atomic E-state index is 0.0390. The maximum absolute atomic E-state index is 12.2. The van der Waals surface area contributed by atoms with Gasteiger partial charge in [-0.2, -0.15) is 0 Å². The standard InChI is InChI=1S/C14H18N2O2/c1-18-13-4-2-3-11(15-13)9-12-14(17)10-5-7-16(12)8-6-10/h2-4,10,12H,5-9H2,1H3. The Morgan fingerprint density at radius 1 is 1.39 bits per heavy atom. The summed E-state index contributed by atoms with van der Waals surface area (Å²) in [7, 11) is 1.61. The van der Waals surface area contributed by atoms with Gasteiger partial charge in [0.1, 0.15) is 0 Å². The van der Waals surface area contributed by atoms with E-state index in [4.69, 9.17) is 4.74 Å². The highest BCUT2D eigenvalue weighted by atomic mass is 16.5. The van der Waals surface area contributed by atoms with Crippen LogP contribution < -0.4 is 4.74 Å². The number of methoxy groups -OCH3 is 1. The minimum absolute atomic E-state index is 0.0390. The van der Waals surface area contributed by atoms with Gasteiger partial charge < -0.3 is 4.74 Å². The van der Waals surface area contributed by atoms with Crippen LogP contribution in [0.3, 0.4) is 0 Å². The van der Waals surface area contributed by atoms with Crippen LogP contribution in [0.1, 0.15) is 18.5 Å². The number of piperidine rings is 3. The number of hydrogen-bond acceptors (Lipinski definition) is 4. The van der Waals surface area contributed by atoms with Crippen LogP contribution in [0, 0.1) is 5.92 Å². The largest absolute Gasteiger partial charge is 0.481 e. The molecule has 18 heavy (non-hydrogen) atoms. The van der Waals surface area contributed by atoms with Crippen molar-refractivity contribution in [2.75, 3.05) is 20.2 Å². The molecule has 0 amide bonds. The topological polar surface area (TPSA) is 42.4 Å². The first-order valence-corrected chi connectivity index (χ1v) is 6.55. The first-order chi connectivity index (χ1) is 8.78. The summed E-state index contributed by atoms with van der Waals surface area (Å²) in [5, 5.41) is 0. The molecule has 1 aromatic rings. The van der Waals surface area contributed by atoms with Gasteiger partial charge >= 0.3 is 0 Å². The Bertz CT molecular complexity index is 453. The molecule has 0 saturated carbocycles. The molecular formula is C14H18N2O2. The second-order valence-corrected chi connectivity index (χ2v) is 5.10. The molecule has 3 aliphatic rings. The fraction of sp³-hybridized carbons (Fsp3) is 0.571. The molecule has 0 spiro atoms. The van der Waals surface area contributed by atoms with Crippen molar-refractivity contribution in [2.24, 2.45) is 5.92 Å². The summed E-state index contributed by atoms with van der Waals surface area (Å²) in [5.74, 6) is 1.33. The van der Waals surface area contributed by atoms with Crippen LogP contribution in [0.5, 0.6) is 5.88 Å². The Morgan fingerprint density at radius 2 is 2.17 bits per heavy atom. The molecule has 1 unspecified atom stereocenters. The number of hydrogen-bond donors (Lipinski definition) is 0. The van der Waals surface area contributed by atoms with Gasteiger partial charge in [0.25, 0.3) is 0 Å². The van der Waals surface area contributed by atoms with E-state index in [-0.39, 0.29) is 6.04 Å².